The molecule has 0 amide bonds. The van der Waals surface area contributed by atoms with Crippen molar-refractivity contribution in [2.24, 2.45) is 0 Å². The predicted molar refractivity (Wildman–Crippen MR) is 147 cm³/mol. The normalized spacial score (nSPS) is 11.5. The molecule has 37 heavy (non-hydrogen) atoms. The molecule has 0 unspecified atom stereocenters. The van der Waals surface area contributed by atoms with Gasteiger partial charge >= 0.3 is 0 Å². The van der Waals surface area contributed by atoms with Crippen molar-refractivity contribution in [3.05, 3.63) is 102 Å². The summed E-state index contributed by atoms with van der Waals surface area (Å²) in [6.45, 7) is 1.82. The van der Waals surface area contributed by atoms with E-state index in [1.54, 1.807) is 24.3 Å². The topological polar surface area (TPSA) is 106 Å². The molecule has 1 aromatic heterocycles. The van der Waals surface area contributed by atoms with E-state index in [2.05, 4.69) is 37.7 Å². The van der Waals surface area contributed by atoms with Crippen LogP contribution in [0.2, 0.25) is 0 Å². The number of aromatic nitrogens is 3. The van der Waals surface area contributed by atoms with Crippen molar-refractivity contribution in [2.45, 2.75) is 31.1 Å². The molecule has 9 heteroatoms. The van der Waals surface area contributed by atoms with Crippen LogP contribution in [0.15, 0.2) is 89.8 Å². The molecule has 2 N–H and O–H groups in total. The highest BCUT2D eigenvalue weighted by Crippen LogP contribution is 2.25. The number of hydrogen-bond donors (Lipinski definition) is 2. The molecule has 190 valence electrons. The SMILES string of the molecule is CC=Cc1ccc(Nc2nc(CCCc3ccccc3)nc(Nc3ccccc3)n2)cc1S(=O)(=O)OC. The molecular formula is C28H29N5O3S. The van der Waals surface area contributed by atoms with Crippen LogP contribution in [0.3, 0.4) is 0 Å². The maximum Gasteiger partial charge on any atom is 0.297 e. The average molecular weight is 516 g/mol. The van der Waals surface area contributed by atoms with E-state index < -0.39 is 10.1 Å². The maximum atomic E-state index is 12.5. The van der Waals surface area contributed by atoms with Gasteiger partial charge in [-0.3, -0.25) is 4.18 Å². The zero-order valence-electron chi connectivity index (χ0n) is 20.8. The summed E-state index contributed by atoms with van der Waals surface area (Å²) in [7, 11) is -2.78. The summed E-state index contributed by atoms with van der Waals surface area (Å²) < 4.78 is 29.8. The Bertz CT molecular complexity index is 1460. The van der Waals surface area contributed by atoms with Crippen molar-refractivity contribution < 1.29 is 12.6 Å². The molecule has 1 heterocycles. The molecule has 4 aromatic rings. The third-order valence-corrected chi connectivity index (χ3v) is 6.86. The Morgan fingerprint density at radius 1 is 0.811 bits per heavy atom. The monoisotopic (exact) mass is 515 g/mol. The fraction of sp³-hybridized carbons (Fsp3) is 0.179. The summed E-state index contributed by atoms with van der Waals surface area (Å²) in [5, 5.41) is 6.36. The fourth-order valence-electron chi connectivity index (χ4n) is 3.75. The maximum absolute atomic E-state index is 12.5. The highest BCUT2D eigenvalue weighted by atomic mass is 32.2. The van der Waals surface area contributed by atoms with Crippen LogP contribution < -0.4 is 10.6 Å². The van der Waals surface area contributed by atoms with Crippen LogP contribution in [-0.4, -0.2) is 30.5 Å². The van der Waals surface area contributed by atoms with Gasteiger partial charge in [-0.1, -0.05) is 66.7 Å². The summed E-state index contributed by atoms with van der Waals surface area (Å²) in [5.74, 6) is 1.33. The first kappa shape index (κ1) is 26.0. The van der Waals surface area contributed by atoms with Gasteiger partial charge < -0.3 is 10.6 Å². The second-order valence-corrected chi connectivity index (χ2v) is 9.91. The molecule has 0 aliphatic heterocycles. The molecule has 0 saturated heterocycles. The second kappa shape index (κ2) is 12.2. The van der Waals surface area contributed by atoms with E-state index >= 15 is 0 Å². The molecule has 0 bridgehead atoms. The minimum Gasteiger partial charge on any atom is -0.324 e. The van der Waals surface area contributed by atoms with E-state index in [9.17, 15) is 8.42 Å². The number of nitrogens with one attached hydrogen (secondary N) is 2. The van der Waals surface area contributed by atoms with Crippen molar-refractivity contribution in [2.75, 3.05) is 17.7 Å². The third kappa shape index (κ3) is 7.22. The first-order valence-electron chi connectivity index (χ1n) is 11.9. The molecule has 0 fully saturated rings. The van der Waals surface area contributed by atoms with Crippen LogP contribution in [0.25, 0.3) is 6.08 Å². The molecule has 0 aliphatic rings. The lowest BCUT2D eigenvalue weighted by Gasteiger charge is -2.12. The van der Waals surface area contributed by atoms with Crippen LogP contribution >= 0.6 is 0 Å². The minimum absolute atomic E-state index is 0.0536. The standard InChI is InChI=1S/C28H29N5O3S/c1-3-11-22-18-19-24(20-25(22)37(34,35)36-2)30-28-32-26(17-10-14-21-12-6-4-7-13-21)31-27(33-28)29-23-15-8-5-9-16-23/h3-9,11-13,15-16,18-20H,10,14,17H2,1-2H3,(H2,29,30,31,32,33). The van der Waals surface area contributed by atoms with Crippen LogP contribution in [0.1, 0.15) is 30.3 Å². The van der Waals surface area contributed by atoms with E-state index in [4.69, 9.17) is 4.18 Å². The first-order valence-corrected chi connectivity index (χ1v) is 13.3. The smallest absolute Gasteiger partial charge is 0.297 e. The Morgan fingerprint density at radius 2 is 1.46 bits per heavy atom. The van der Waals surface area contributed by atoms with Gasteiger partial charge in [0, 0.05) is 17.8 Å². The quantitative estimate of drug-likeness (QED) is 0.238. The van der Waals surface area contributed by atoms with Crippen LogP contribution in [0.5, 0.6) is 0 Å². The van der Waals surface area contributed by atoms with Gasteiger partial charge in [0.1, 0.15) is 10.7 Å². The van der Waals surface area contributed by atoms with Gasteiger partial charge in [0.25, 0.3) is 10.1 Å². The molecular weight excluding hydrogens is 486 g/mol. The number of anilines is 4. The van der Waals surface area contributed by atoms with E-state index in [1.807, 2.05) is 55.5 Å². The molecule has 0 aliphatic carbocycles. The van der Waals surface area contributed by atoms with E-state index in [0.717, 1.165) is 25.6 Å². The molecule has 0 atom stereocenters. The Morgan fingerprint density at radius 3 is 2.11 bits per heavy atom. The Labute approximate surface area is 217 Å². The highest BCUT2D eigenvalue weighted by Gasteiger charge is 2.18. The number of hydrogen-bond acceptors (Lipinski definition) is 8. The van der Waals surface area contributed by atoms with Gasteiger partial charge in [-0.25, -0.2) is 0 Å². The summed E-state index contributed by atoms with van der Waals surface area (Å²) >= 11 is 0. The molecule has 4 rings (SSSR count). The highest BCUT2D eigenvalue weighted by molar-refractivity contribution is 7.86. The van der Waals surface area contributed by atoms with Gasteiger partial charge in [0.2, 0.25) is 11.9 Å². The predicted octanol–water partition coefficient (Wildman–Crippen LogP) is 5.90. The van der Waals surface area contributed by atoms with Gasteiger partial charge in [0.15, 0.2) is 0 Å². The molecule has 8 nitrogen and oxygen atoms in total. The second-order valence-electron chi connectivity index (χ2n) is 8.23. The van der Waals surface area contributed by atoms with Gasteiger partial charge in [-0.2, -0.15) is 23.4 Å². The zero-order chi connectivity index (χ0) is 26.1. The van der Waals surface area contributed by atoms with Crippen molar-refractivity contribution in [3.63, 3.8) is 0 Å². The summed E-state index contributed by atoms with van der Waals surface area (Å²) in [4.78, 5) is 13.8. The van der Waals surface area contributed by atoms with E-state index in [-0.39, 0.29) is 4.90 Å². The van der Waals surface area contributed by atoms with Gasteiger partial charge in [0.05, 0.1) is 7.11 Å². The molecule has 3 aromatic carbocycles. The average Bonchev–Trinajstić information content (AvgIpc) is 2.91. The number of allylic oxidation sites excluding steroid dienone is 1. The van der Waals surface area contributed by atoms with Crippen LogP contribution in [-0.2, 0) is 27.1 Å². The summed E-state index contributed by atoms with van der Waals surface area (Å²) in [5.41, 5.74) is 3.14. The van der Waals surface area contributed by atoms with Crippen LogP contribution in [0, 0.1) is 0 Å². The fourth-order valence-corrected chi connectivity index (χ4v) is 4.63. The van der Waals surface area contributed by atoms with E-state index in [0.29, 0.717) is 35.4 Å². The Balaban J connectivity index is 1.62. The Kier molecular flexibility index (Phi) is 8.60. The number of aryl methyl sites for hydroxylation is 2. The first-order chi connectivity index (χ1) is 18.0. The van der Waals surface area contributed by atoms with Crippen molar-refractivity contribution in [1.82, 2.24) is 15.0 Å². The largest absolute Gasteiger partial charge is 0.324 e. The number of rotatable bonds is 11. The zero-order valence-corrected chi connectivity index (χ0v) is 21.6. The molecule has 0 saturated carbocycles. The lowest BCUT2D eigenvalue weighted by molar-refractivity contribution is 0.397. The van der Waals surface area contributed by atoms with Gasteiger partial charge in [-0.15, -0.1) is 0 Å². The summed E-state index contributed by atoms with van der Waals surface area (Å²) in [6, 6.07) is 24.9. The lowest BCUT2D eigenvalue weighted by Crippen LogP contribution is -2.09. The van der Waals surface area contributed by atoms with Crippen molar-refractivity contribution in [3.8, 4) is 0 Å². The van der Waals surface area contributed by atoms with Crippen LogP contribution in [0.4, 0.5) is 23.3 Å². The molecule has 0 spiro atoms. The number of nitrogens with zero attached hydrogens (tertiary/aromatic N) is 3. The molecule has 0 radical (unpaired) electrons. The van der Waals surface area contributed by atoms with Crippen molar-refractivity contribution in [1.29, 1.82) is 0 Å². The third-order valence-electron chi connectivity index (χ3n) is 5.52. The van der Waals surface area contributed by atoms with Gasteiger partial charge in [-0.05, 0) is 55.2 Å². The van der Waals surface area contributed by atoms with E-state index in [1.165, 1.54) is 11.6 Å². The minimum atomic E-state index is -3.92. The summed E-state index contributed by atoms with van der Waals surface area (Å²) in [6.07, 6.45) is 5.91. The Hall–Kier alpha value is -4.08. The lowest BCUT2D eigenvalue weighted by atomic mass is 10.1. The number of para-hydroxylation sites is 1. The number of benzene rings is 3. The van der Waals surface area contributed by atoms with Crippen molar-refractivity contribution >= 4 is 39.5 Å².